The van der Waals surface area contributed by atoms with Crippen LogP contribution in [0.25, 0.3) is 32.3 Å². The lowest BCUT2D eigenvalue weighted by Crippen LogP contribution is -1.92. The molecule has 6 heterocycles. The van der Waals surface area contributed by atoms with Gasteiger partial charge in [0.05, 0.1) is 0 Å². The SMILES string of the molecule is c1cc(Sc2cc3c4cc(Sc5ccncc5)c(Sc5ccncc5)cc4c4cc(Sc5ccncc5)c(Sc5ccncc5)cc4c3cc2Sc2ccncc2)ccn1. The van der Waals surface area contributed by atoms with Gasteiger partial charge in [-0.25, -0.2) is 0 Å². The van der Waals surface area contributed by atoms with Gasteiger partial charge in [-0.1, -0.05) is 70.6 Å². The summed E-state index contributed by atoms with van der Waals surface area (Å²) in [5, 5.41) is 7.16. The van der Waals surface area contributed by atoms with E-state index in [0.717, 1.165) is 29.4 Å². The summed E-state index contributed by atoms with van der Waals surface area (Å²) in [6.45, 7) is 0. The highest BCUT2D eigenvalue weighted by Gasteiger charge is 2.20. The Bertz CT molecular complexity index is 2510. The first-order chi connectivity index (χ1) is 29.7. The highest BCUT2D eigenvalue weighted by atomic mass is 32.2. The molecular formula is C48H30N6S6. The van der Waals surface area contributed by atoms with Crippen LogP contribution in [-0.4, -0.2) is 29.9 Å². The van der Waals surface area contributed by atoms with Gasteiger partial charge in [0.2, 0.25) is 0 Å². The van der Waals surface area contributed by atoms with Crippen molar-refractivity contribution in [3.63, 3.8) is 0 Å². The molecule has 0 saturated heterocycles. The highest BCUT2D eigenvalue weighted by Crippen LogP contribution is 2.50. The molecule has 0 bridgehead atoms. The van der Waals surface area contributed by atoms with E-state index in [1.807, 2.05) is 74.4 Å². The maximum absolute atomic E-state index is 4.31. The van der Waals surface area contributed by atoms with Gasteiger partial charge in [0, 0.05) is 133 Å². The molecule has 0 atom stereocenters. The molecule has 0 saturated carbocycles. The molecule has 288 valence electrons. The van der Waals surface area contributed by atoms with Crippen molar-refractivity contribution < 1.29 is 0 Å². The van der Waals surface area contributed by atoms with E-state index in [1.54, 1.807) is 70.6 Å². The molecule has 0 fully saturated rings. The maximum atomic E-state index is 4.31. The fraction of sp³-hybridized carbons (Fsp3) is 0. The molecule has 0 aliphatic rings. The van der Waals surface area contributed by atoms with E-state index in [4.69, 9.17) is 0 Å². The van der Waals surface area contributed by atoms with Crippen LogP contribution in [0.3, 0.4) is 0 Å². The van der Waals surface area contributed by atoms with E-state index in [9.17, 15) is 0 Å². The average Bonchev–Trinajstić information content (AvgIpc) is 3.29. The van der Waals surface area contributed by atoms with E-state index in [1.165, 1.54) is 61.7 Å². The van der Waals surface area contributed by atoms with Crippen molar-refractivity contribution >= 4 is 103 Å². The molecule has 0 spiro atoms. The Kier molecular flexibility index (Phi) is 11.7. The predicted molar refractivity (Wildman–Crippen MR) is 249 cm³/mol. The molecule has 0 aliphatic heterocycles. The monoisotopic (exact) mass is 882 g/mol. The number of rotatable bonds is 12. The van der Waals surface area contributed by atoms with Crippen LogP contribution >= 0.6 is 70.6 Å². The van der Waals surface area contributed by atoms with E-state index in [-0.39, 0.29) is 0 Å². The molecule has 6 nitrogen and oxygen atoms in total. The van der Waals surface area contributed by atoms with Crippen LogP contribution < -0.4 is 0 Å². The highest BCUT2D eigenvalue weighted by molar-refractivity contribution is 8.03. The quantitative estimate of drug-likeness (QED) is 0.110. The average molecular weight is 883 g/mol. The third-order valence-corrected chi connectivity index (χ3v) is 16.2. The van der Waals surface area contributed by atoms with Gasteiger partial charge in [0.1, 0.15) is 0 Å². The maximum Gasteiger partial charge on any atom is 0.0279 e. The zero-order valence-corrected chi connectivity index (χ0v) is 36.4. The minimum absolute atomic E-state index is 1.13. The molecule has 6 aromatic heterocycles. The van der Waals surface area contributed by atoms with Crippen LogP contribution in [0.1, 0.15) is 0 Å². The van der Waals surface area contributed by atoms with Gasteiger partial charge in [-0.3, -0.25) is 29.9 Å². The standard InChI is InChI=1S/C48H30N6S6/c1-13-49-14-2-31(1)55-43-25-37-38(26-44(43)56-32-3-15-50-16-4-32)40-28-46(58-34-7-19-52-20-8-34)48(60-36-11-23-54-24-12-36)30-42(40)41-29-47(59-35-9-21-53-22-10-35)45(27-39(37)41)57-33-5-17-51-18-6-33/h1-30H. The first-order valence-electron chi connectivity index (χ1n) is 18.7. The number of fused-ring (bicyclic) bond motifs is 6. The minimum atomic E-state index is 1.13. The van der Waals surface area contributed by atoms with Crippen molar-refractivity contribution in [1.29, 1.82) is 0 Å². The second kappa shape index (κ2) is 18.1. The predicted octanol–water partition coefficient (Wildman–Crippen LogP) is 14.4. The van der Waals surface area contributed by atoms with Gasteiger partial charge in [-0.2, -0.15) is 0 Å². The minimum Gasteiger partial charge on any atom is -0.265 e. The number of benzene rings is 4. The molecule has 10 rings (SSSR count). The van der Waals surface area contributed by atoms with Crippen LogP contribution in [0.5, 0.6) is 0 Å². The summed E-state index contributed by atoms with van der Waals surface area (Å²) < 4.78 is 0. The molecule has 0 aliphatic carbocycles. The van der Waals surface area contributed by atoms with Crippen LogP contribution in [0.15, 0.2) is 242 Å². The van der Waals surface area contributed by atoms with Crippen LogP contribution in [-0.2, 0) is 0 Å². The van der Waals surface area contributed by atoms with Gasteiger partial charge >= 0.3 is 0 Å². The summed E-state index contributed by atoms with van der Waals surface area (Å²) in [6, 6.07) is 39.3. The van der Waals surface area contributed by atoms with Crippen molar-refractivity contribution in [2.45, 2.75) is 58.7 Å². The zero-order chi connectivity index (χ0) is 40.1. The number of hydrogen-bond donors (Lipinski definition) is 0. The lowest BCUT2D eigenvalue weighted by Gasteiger charge is -2.19. The summed E-state index contributed by atoms with van der Waals surface area (Å²) in [7, 11) is 0. The summed E-state index contributed by atoms with van der Waals surface area (Å²) >= 11 is 10.6. The molecule has 12 heteroatoms. The van der Waals surface area contributed by atoms with Gasteiger partial charge in [0.15, 0.2) is 0 Å². The second-order valence-electron chi connectivity index (χ2n) is 13.2. The number of hydrogen-bond acceptors (Lipinski definition) is 12. The van der Waals surface area contributed by atoms with Crippen molar-refractivity contribution in [1.82, 2.24) is 29.9 Å². The summed E-state index contributed by atoms with van der Waals surface area (Å²) in [6.07, 6.45) is 22.3. The Labute approximate surface area is 372 Å². The van der Waals surface area contributed by atoms with Crippen LogP contribution in [0, 0.1) is 0 Å². The summed E-state index contributed by atoms with van der Waals surface area (Å²) in [5.74, 6) is 0. The Hall–Kier alpha value is -5.34. The van der Waals surface area contributed by atoms with Gasteiger partial charge in [0.25, 0.3) is 0 Å². The molecule has 0 N–H and O–H groups in total. The third-order valence-electron chi connectivity index (χ3n) is 9.39. The zero-order valence-electron chi connectivity index (χ0n) is 31.5. The second-order valence-corrected chi connectivity index (χ2v) is 19.9. The first-order valence-corrected chi connectivity index (χ1v) is 23.6. The van der Waals surface area contributed by atoms with Crippen LogP contribution in [0.4, 0.5) is 0 Å². The van der Waals surface area contributed by atoms with E-state index in [0.29, 0.717) is 0 Å². The van der Waals surface area contributed by atoms with Crippen molar-refractivity contribution in [2.75, 3.05) is 0 Å². The summed E-state index contributed by atoms with van der Waals surface area (Å²) in [5.41, 5.74) is 0. The Morgan fingerprint density at radius 3 is 0.467 bits per heavy atom. The Balaban J connectivity index is 1.28. The molecular weight excluding hydrogens is 853 g/mol. The van der Waals surface area contributed by atoms with E-state index >= 15 is 0 Å². The number of pyridine rings is 6. The third kappa shape index (κ3) is 8.76. The van der Waals surface area contributed by atoms with Crippen molar-refractivity contribution in [3.8, 4) is 0 Å². The van der Waals surface area contributed by atoms with Gasteiger partial charge in [-0.05, 0) is 142 Å². The molecule has 10 aromatic rings. The Morgan fingerprint density at radius 2 is 0.333 bits per heavy atom. The molecule has 0 radical (unpaired) electrons. The fourth-order valence-electron chi connectivity index (χ4n) is 6.69. The molecule has 60 heavy (non-hydrogen) atoms. The van der Waals surface area contributed by atoms with Gasteiger partial charge < -0.3 is 0 Å². The van der Waals surface area contributed by atoms with Crippen LogP contribution in [0.2, 0.25) is 0 Å². The smallest absolute Gasteiger partial charge is 0.0279 e. The molecule has 0 unspecified atom stereocenters. The number of nitrogens with zero attached hydrogens (tertiary/aromatic N) is 6. The topological polar surface area (TPSA) is 77.3 Å². The lowest BCUT2D eigenvalue weighted by atomic mass is 9.94. The fourth-order valence-corrected chi connectivity index (χ4v) is 12.5. The normalized spacial score (nSPS) is 11.4. The molecule has 0 amide bonds. The van der Waals surface area contributed by atoms with Crippen molar-refractivity contribution in [2.24, 2.45) is 0 Å². The lowest BCUT2D eigenvalue weighted by molar-refractivity contribution is 1.21. The largest absolute Gasteiger partial charge is 0.265 e. The van der Waals surface area contributed by atoms with Crippen molar-refractivity contribution in [3.05, 3.63) is 184 Å². The van der Waals surface area contributed by atoms with E-state index in [2.05, 4.69) is 139 Å². The van der Waals surface area contributed by atoms with Gasteiger partial charge in [-0.15, -0.1) is 0 Å². The summed E-state index contributed by atoms with van der Waals surface area (Å²) in [4.78, 5) is 39.7. The Morgan fingerprint density at radius 1 is 0.200 bits per heavy atom. The number of aromatic nitrogens is 6. The first kappa shape index (κ1) is 38.8. The molecule has 4 aromatic carbocycles. The van der Waals surface area contributed by atoms with E-state index < -0.39 is 0 Å².